The average molecular weight is 284 g/mol. The summed E-state index contributed by atoms with van der Waals surface area (Å²) < 4.78 is 16.4. The van der Waals surface area contributed by atoms with E-state index < -0.39 is 7.60 Å². The van der Waals surface area contributed by atoms with E-state index in [1.165, 1.54) is 12.2 Å². The molecule has 108 valence electrons. The van der Waals surface area contributed by atoms with Crippen LogP contribution in [0.25, 0.3) is 0 Å². The lowest BCUT2D eigenvalue weighted by molar-refractivity contribution is 0.178. The van der Waals surface area contributed by atoms with E-state index in [9.17, 15) is 9.46 Å². The third-order valence-electron chi connectivity index (χ3n) is 2.82. The van der Waals surface area contributed by atoms with Crippen LogP contribution in [0, 0.1) is 11.3 Å². The third-order valence-corrected chi connectivity index (χ3v) is 3.45. The first kappa shape index (κ1) is 16.4. The molecule has 2 atom stereocenters. The Bertz CT molecular complexity index is 417. The maximum absolute atomic E-state index is 11.3. The molecule has 0 saturated heterocycles. The smallest absolute Gasteiger partial charge is 0.324 e. The molecular formula is C15H25O3P. The summed E-state index contributed by atoms with van der Waals surface area (Å²) in [7, 11) is -3.39. The molecule has 0 spiro atoms. The van der Waals surface area contributed by atoms with E-state index in [0.29, 0.717) is 6.61 Å². The molecule has 0 aliphatic heterocycles. The van der Waals surface area contributed by atoms with Gasteiger partial charge in [0.1, 0.15) is 0 Å². The molecule has 1 aromatic carbocycles. The molecule has 0 fully saturated rings. The highest BCUT2D eigenvalue weighted by molar-refractivity contribution is 7.51. The molecule has 0 saturated carbocycles. The Labute approximate surface area is 116 Å². The summed E-state index contributed by atoms with van der Waals surface area (Å²) in [4.78, 5) is 9.26. The minimum Gasteiger partial charge on any atom is -0.324 e. The highest BCUT2D eigenvalue weighted by Crippen LogP contribution is 2.38. The molecule has 1 rings (SSSR count). The number of rotatable bonds is 6. The summed E-state index contributed by atoms with van der Waals surface area (Å²) in [6.45, 7) is 8.10. The van der Waals surface area contributed by atoms with E-state index in [4.69, 9.17) is 4.52 Å². The lowest BCUT2D eigenvalue weighted by Gasteiger charge is -2.26. The van der Waals surface area contributed by atoms with E-state index in [-0.39, 0.29) is 11.3 Å². The van der Waals surface area contributed by atoms with Gasteiger partial charge in [0.2, 0.25) is 0 Å². The molecule has 3 nitrogen and oxygen atoms in total. The first-order valence-electron chi connectivity index (χ1n) is 6.64. The fourth-order valence-electron chi connectivity index (χ4n) is 2.25. The first-order chi connectivity index (χ1) is 8.66. The topological polar surface area (TPSA) is 46.5 Å². The van der Waals surface area contributed by atoms with Crippen LogP contribution < -0.4 is 0 Å². The Hall–Kier alpha value is -0.630. The second-order valence-corrected chi connectivity index (χ2v) is 8.28. The van der Waals surface area contributed by atoms with Crippen LogP contribution in [0.1, 0.15) is 32.8 Å². The van der Waals surface area contributed by atoms with Gasteiger partial charge in [-0.25, -0.2) is 0 Å². The highest BCUT2D eigenvalue weighted by Gasteiger charge is 2.22. The van der Waals surface area contributed by atoms with Crippen molar-refractivity contribution in [3.63, 3.8) is 0 Å². The molecule has 4 heteroatoms. The molecule has 0 aliphatic rings. The molecule has 1 unspecified atom stereocenters. The van der Waals surface area contributed by atoms with Crippen molar-refractivity contribution in [3.8, 4) is 0 Å². The van der Waals surface area contributed by atoms with Crippen molar-refractivity contribution in [1.29, 1.82) is 0 Å². The summed E-state index contributed by atoms with van der Waals surface area (Å²) in [5.41, 5.74) is 1.42. The van der Waals surface area contributed by atoms with Gasteiger partial charge in [0, 0.05) is 6.66 Å². The second kappa shape index (κ2) is 6.69. The molecule has 0 amide bonds. The van der Waals surface area contributed by atoms with Crippen molar-refractivity contribution >= 4 is 7.60 Å². The van der Waals surface area contributed by atoms with Crippen molar-refractivity contribution in [1.82, 2.24) is 0 Å². The van der Waals surface area contributed by atoms with Gasteiger partial charge >= 0.3 is 7.60 Å². The molecule has 1 aromatic rings. The minimum atomic E-state index is -3.39. The van der Waals surface area contributed by atoms with Gasteiger partial charge in [-0.3, -0.25) is 4.57 Å². The Morgan fingerprint density at radius 2 is 1.84 bits per heavy atom. The van der Waals surface area contributed by atoms with E-state index in [1.807, 2.05) is 18.2 Å². The predicted molar refractivity (Wildman–Crippen MR) is 79.4 cm³/mol. The fraction of sp³-hybridized carbons (Fsp3) is 0.600. The summed E-state index contributed by atoms with van der Waals surface area (Å²) in [5.74, 6) is 0.253. The SMILES string of the molecule is CC(C)(C)C[C@H](COP(C)(=O)O)Cc1ccccc1. The Kier molecular flexibility index (Phi) is 5.79. The minimum absolute atomic E-state index is 0.177. The van der Waals surface area contributed by atoms with Crippen LogP contribution >= 0.6 is 7.60 Å². The van der Waals surface area contributed by atoms with Gasteiger partial charge in [-0.15, -0.1) is 0 Å². The third kappa shape index (κ3) is 8.20. The highest BCUT2D eigenvalue weighted by atomic mass is 31.2. The van der Waals surface area contributed by atoms with Gasteiger partial charge < -0.3 is 9.42 Å². The van der Waals surface area contributed by atoms with Crippen molar-refractivity contribution in [3.05, 3.63) is 35.9 Å². The van der Waals surface area contributed by atoms with Gasteiger partial charge in [0.15, 0.2) is 0 Å². The maximum atomic E-state index is 11.3. The average Bonchev–Trinajstić information content (AvgIpc) is 2.24. The Balaban J connectivity index is 2.67. The van der Waals surface area contributed by atoms with Crippen molar-refractivity contribution < 1.29 is 14.0 Å². The van der Waals surface area contributed by atoms with E-state index >= 15 is 0 Å². The molecule has 0 aromatic heterocycles. The molecule has 0 heterocycles. The van der Waals surface area contributed by atoms with Crippen LogP contribution in [0.15, 0.2) is 30.3 Å². The molecule has 0 aliphatic carbocycles. The van der Waals surface area contributed by atoms with E-state index in [1.54, 1.807) is 0 Å². The zero-order chi connectivity index (χ0) is 14.5. The lowest BCUT2D eigenvalue weighted by Crippen LogP contribution is -2.19. The first-order valence-corrected chi connectivity index (χ1v) is 8.67. The van der Waals surface area contributed by atoms with Crippen molar-refractivity contribution in [2.75, 3.05) is 13.3 Å². The van der Waals surface area contributed by atoms with Gasteiger partial charge in [-0.1, -0.05) is 51.1 Å². The summed E-state index contributed by atoms with van der Waals surface area (Å²) >= 11 is 0. The predicted octanol–water partition coefficient (Wildman–Crippen LogP) is 4.11. The zero-order valence-electron chi connectivity index (χ0n) is 12.3. The quantitative estimate of drug-likeness (QED) is 0.799. The van der Waals surface area contributed by atoms with Gasteiger partial charge in [0.05, 0.1) is 6.61 Å². The van der Waals surface area contributed by atoms with Crippen LogP contribution in [0.3, 0.4) is 0 Å². The van der Waals surface area contributed by atoms with Crippen LogP contribution in [-0.2, 0) is 15.5 Å². The van der Waals surface area contributed by atoms with Crippen LogP contribution in [0.2, 0.25) is 0 Å². The summed E-state index contributed by atoms with van der Waals surface area (Å²) in [6.07, 6.45) is 1.83. The van der Waals surface area contributed by atoms with Gasteiger partial charge in [-0.2, -0.15) is 0 Å². The van der Waals surface area contributed by atoms with Crippen molar-refractivity contribution in [2.24, 2.45) is 11.3 Å². The Morgan fingerprint density at radius 3 is 2.32 bits per heavy atom. The fourth-order valence-corrected chi connectivity index (χ4v) is 2.73. The van der Waals surface area contributed by atoms with E-state index in [2.05, 4.69) is 32.9 Å². The largest absolute Gasteiger partial charge is 0.325 e. The zero-order valence-corrected chi connectivity index (χ0v) is 13.2. The van der Waals surface area contributed by atoms with Gasteiger partial charge in [-0.05, 0) is 29.7 Å². The molecule has 0 radical (unpaired) electrons. The molecule has 19 heavy (non-hydrogen) atoms. The maximum Gasteiger partial charge on any atom is 0.325 e. The molecule has 1 N–H and O–H groups in total. The number of benzene rings is 1. The molecular weight excluding hydrogens is 259 g/mol. The molecule has 0 bridgehead atoms. The van der Waals surface area contributed by atoms with Crippen LogP contribution in [-0.4, -0.2) is 18.2 Å². The summed E-state index contributed by atoms with van der Waals surface area (Å²) in [5, 5.41) is 0. The standard InChI is InChI=1S/C15H25O3P/c1-15(2,3)11-14(12-18-19(4,16)17)10-13-8-6-5-7-9-13/h5-9,14H,10-12H2,1-4H3,(H,16,17)/t14-/m1/s1. The normalized spacial score (nSPS) is 16.9. The number of hydrogen-bond acceptors (Lipinski definition) is 2. The number of hydrogen-bond donors (Lipinski definition) is 1. The van der Waals surface area contributed by atoms with Crippen LogP contribution in [0.5, 0.6) is 0 Å². The van der Waals surface area contributed by atoms with Gasteiger partial charge in [0.25, 0.3) is 0 Å². The van der Waals surface area contributed by atoms with Crippen LogP contribution in [0.4, 0.5) is 0 Å². The van der Waals surface area contributed by atoms with Crippen molar-refractivity contribution in [2.45, 2.75) is 33.6 Å². The Morgan fingerprint density at radius 1 is 1.26 bits per heavy atom. The second-order valence-electron chi connectivity index (χ2n) is 6.42. The monoisotopic (exact) mass is 284 g/mol. The summed E-state index contributed by atoms with van der Waals surface area (Å²) in [6, 6.07) is 10.2. The lowest BCUT2D eigenvalue weighted by atomic mass is 9.82. The van der Waals surface area contributed by atoms with E-state index in [0.717, 1.165) is 12.8 Å².